The fraction of sp³-hybridized carbons (Fsp3) is 0.368. The summed E-state index contributed by atoms with van der Waals surface area (Å²) in [7, 11) is 0. The number of nitrogens with zero attached hydrogens (tertiary/aromatic N) is 4. The van der Waals surface area contributed by atoms with Crippen molar-refractivity contribution in [1.82, 2.24) is 25.1 Å². The zero-order valence-electron chi connectivity index (χ0n) is 27.7. The predicted octanol–water partition coefficient (Wildman–Crippen LogP) is 8.14. The summed E-state index contributed by atoms with van der Waals surface area (Å²) in [6, 6.07) is 21.4. The first-order valence-corrected chi connectivity index (χ1v) is 16.8. The maximum Gasteiger partial charge on any atom is 0.339 e. The van der Waals surface area contributed by atoms with Crippen LogP contribution in [0.2, 0.25) is 0 Å². The highest BCUT2D eigenvalue weighted by Gasteiger charge is 2.17. The Morgan fingerprint density at radius 1 is 0.894 bits per heavy atom. The van der Waals surface area contributed by atoms with E-state index in [-0.39, 0.29) is 5.56 Å². The van der Waals surface area contributed by atoms with Gasteiger partial charge in [-0.3, -0.25) is 4.68 Å². The van der Waals surface area contributed by atoms with Gasteiger partial charge < -0.3 is 20.9 Å². The zero-order valence-corrected chi connectivity index (χ0v) is 27.7. The maximum absolute atomic E-state index is 11.5. The van der Waals surface area contributed by atoms with E-state index in [1.807, 2.05) is 49.4 Å². The third kappa shape index (κ3) is 11.2. The Balaban J connectivity index is 0.000000213. The second kappa shape index (κ2) is 19.0. The SMILES string of the molecule is CCCCCCCCCCNCc1ccc2c(N)nccc2c1.CCOc1ccc(Cn2cc(C(=O)O)c(-c3ccccc3)n2)cn1. The molecule has 3 aromatic heterocycles. The molecule has 0 aliphatic heterocycles. The number of nitrogens with two attached hydrogens (primary N) is 1. The molecule has 0 spiro atoms. The second-order valence-electron chi connectivity index (χ2n) is 11.6. The lowest BCUT2D eigenvalue weighted by Gasteiger charge is -2.07. The average molecular weight is 637 g/mol. The molecule has 4 N–H and O–H groups in total. The summed E-state index contributed by atoms with van der Waals surface area (Å²) in [5.41, 5.74) is 9.53. The van der Waals surface area contributed by atoms with Crippen LogP contribution in [0, 0.1) is 0 Å². The highest BCUT2D eigenvalue weighted by molar-refractivity contribution is 5.94. The first kappa shape index (κ1) is 35.1. The first-order chi connectivity index (χ1) is 23.0. The van der Waals surface area contributed by atoms with Gasteiger partial charge in [-0.25, -0.2) is 14.8 Å². The van der Waals surface area contributed by atoms with Gasteiger partial charge in [0.1, 0.15) is 17.1 Å². The number of ether oxygens (including phenoxy) is 1. The minimum absolute atomic E-state index is 0.181. The van der Waals surface area contributed by atoms with Crippen molar-refractivity contribution in [3.8, 4) is 17.1 Å². The number of carboxylic acid groups (broad SMARTS) is 1. The van der Waals surface area contributed by atoms with Crippen molar-refractivity contribution in [3.05, 3.63) is 102 Å². The van der Waals surface area contributed by atoms with E-state index < -0.39 is 5.97 Å². The van der Waals surface area contributed by atoms with Gasteiger partial charge in [0.25, 0.3) is 0 Å². The highest BCUT2D eigenvalue weighted by Crippen LogP contribution is 2.23. The number of aromatic carboxylic acids is 1. The van der Waals surface area contributed by atoms with E-state index in [1.165, 1.54) is 62.3 Å². The van der Waals surface area contributed by atoms with Crippen LogP contribution in [-0.4, -0.2) is 44.0 Å². The molecule has 0 amide bonds. The third-order valence-electron chi connectivity index (χ3n) is 7.87. The van der Waals surface area contributed by atoms with Crippen molar-refractivity contribution in [3.63, 3.8) is 0 Å². The molecule has 0 unspecified atom stereocenters. The number of unbranched alkanes of at least 4 members (excludes halogenated alkanes) is 7. The highest BCUT2D eigenvalue weighted by atomic mass is 16.5. The lowest BCUT2D eigenvalue weighted by Crippen LogP contribution is -2.14. The molecule has 0 saturated carbocycles. The molecule has 2 aromatic carbocycles. The molecule has 0 fully saturated rings. The number of aromatic nitrogens is 4. The van der Waals surface area contributed by atoms with E-state index in [2.05, 4.69) is 45.5 Å². The van der Waals surface area contributed by atoms with Crippen LogP contribution >= 0.6 is 0 Å². The molecule has 5 aromatic rings. The van der Waals surface area contributed by atoms with Gasteiger partial charge in [-0.05, 0) is 48.5 Å². The van der Waals surface area contributed by atoms with Crippen molar-refractivity contribution in [2.75, 3.05) is 18.9 Å². The van der Waals surface area contributed by atoms with Crippen LogP contribution in [0.25, 0.3) is 22.0 Å². The minimum Gasteiger partial charge on any atom is -0.478 e. The number of hydrogen-bond acceptors (Lipinski definition) is 7. The third-order valence-corrected chi connectivity index (χ3v) is 7.87. The number of fused-ring (bicyclic) bond motifs is 1. The van der Waals surface area contributed by atoms with E-state index in [4.69, 9.17) is 10.5 Å². The van der Waals surface area contributed by atoms with Gasteiger partial charge in [0.2, 0.25) is 5.88 Å². The van der Waals surface area contributed by atoms with Crippen LogP contribution in [-0.2, 0) is 13.1 Å². The number of nitrogens with one attached hydrogen (secondary N) is 1. The molecule has 5 rings (SSSR count). The van der Waals surface area contributed by atoms with Gasteiger partial charge in [0, 0.05) is 42.2 Å². The Hall–Kier alpha value is -4.76. The number of rotatable bonds is 17. The molecule has 0 bridgehead atoms. The first-order valence-electron chi connectivity index (χ1n) is 16.8. The van der Waals surface area contributed by atoms with Gasteiger partial charge in [-0.2, -0.15) is 5.10 Å². The molecule has 47 heavy (non-hydrogen) atoms. The Morgan fingerprint density at radius 3 is 2.34 bits per heavy atom. The summed E-state index contributed by atoms with van der Waals surface area (Å²) >= 11 is 0. The summed E-state index contributed by atoms with van der Waals surface area (Å²) in [5, 5.41) is 19.6. The summed E-state index contributed by atoms with van der Waals surface area (Å²) < 4.78 is 6.93. The Morgan fingerprint density at radius 2 is 1.64 bits per heavy atom. The molecule has 248 valence electrons. The Bertz CT molecular complexity index is 1650. The van der Waals surface area contributed by atoms with Gasteiger partial charge in [-0.15, -0.1) is 0 Å². The van der Waals surface area contributed by atoms with Crippen LogP contribution in [0.5, 0.6) is 5.88 Å². The lowest BCUT2D eigenvalue weighted by atomic mass is 10.1. The van der Waals surface area contributed by atoms with Crippen molar-refractivity contribution in [2.24, 2.45) is 0 Å². The van der Waals surface area contributed by atoms with Crippen LogP contribution < -0.4 is 15.8 Å². The monoisotopic (exact) mass is 636 g/mol. The van der Waals surface area contributed by atoms with Crippen LogP contribution in [0.15, 0.2) is 85.3 Å². The molecule has 9 nitrogen and oxygen atoms in total. The molecule has 0 saturated heterocycles. The summed E-state index contributed by atoms with van der Waals surface area (Å²) in [6.07, 6.45) is 16.0. The van der Waals surface area contributed by atoms with Crippen LogP contribution in [0.3, 0.4) is 0 Å². The van der Waals surface area contributed by atoms with E-state index in [0.29, 0.717) is 30.5 Å². The Kier molecular flexibility index (Phi) is 14.2. The number of carboxylic acids is 1. The summed E-state index contributed by atoms with van der Waals surface area (Å²) in [4.78, 5) is 19.8. The fourth-order valence-electron chi connectivity index (χ4n) is 5.37. The molecular weight excluding hydrogens is 588 g/mol. The summed E-state index contributed by atoms with van der Waals surface area (Å²) in [6.45, 7) is 7.20. The van der Waals surface area contributed by atoms with Crippen molar-refractivity contribution >= 4 is 22.6 Å². The molecule has 0 aliphatic carbocycles. The quantitative estimate of drug-likeness (QED) is 0.0873. The molecular formula is C38H48N6O3. The smallest absolute Gasteiger partial charge is 0.339 e. The zero-order chi connectivity index (χ0) is 33.3. The largest absolute Gasteiger partial charge is 0.478 e. The lowest BCUT2D eigenvalue weighted by molar-refractivity contribution is 0.0697. The number of benzene rings is 2. The summed E-state index contributed by atoms with van der Waals surface area (Å²) in [5.74, 6) is 0.184. The predicted molar refractivity (Wildman–Crippen MR) is 190 cm³/mol. The average Bonchev–Trinajstić information content (AvgIpc) is 3.52. The molecule has 3 heterocycles. The van der Waals surface area contributed by atoms with Crippen molar-refractivity contribution in [1.29, 1.82) is 0 Å². The van der Waals surface area contributed by atoms with Crippen molar-refractivity contribution in [2.45, 2.75) is 78.3 Å². The Labute approximate surface area is 278 Å². The van der Waals surface area contributed by atoms with Gasteiger partial charge >= 0.3 is 5.97 Å². The van der Waals surface area contributed by atoms with Crippen LogP contribution in [0.4, 0.5) is 5.82 Å². The maximum atomic E-state index is 11.5. The number of pyridine rings is 2. The number of hydrogen-bond donors (Lipinski definition) is 3. The van der Waals surface area contributed by atoms with Gasteiger partial charge in [0.15, 0.2) is 0 Å². The van der Waals surface area contributed by atoms with E-state index in [9.17, 15) is 9.90 Å². The second-order valence-corrected chi connectivity index (χ2v) is 11.6. The van der Waals surface area contributed by atoms with E-state index in [1.54, 1.807) is 29.3 Å². The normalized spacial score (nSPS) is 10.9. The number of nitrogen functional groups attached to an aromatic ring is 1. The van der Waals surface area contributed by atoms with Gasteiger partial charge in [-0.1, -0.05) is 100 Å². The number of carbonyl (C=O) groups is 1. The van der Waals surface area contributed by atoms with Gasteiger partial charge in [0.05, 0.1) is 13.2 Å². The molecule has 0 atom stereocenters. The molecule has 9 heteroatoms. The van der Waals surface area contributed by atoms with E-state index >= 15 is 0 Å². The standard InChI is InChI=1S/C20H31N3.C18H17N3O3/c1-2-3-4-5-6-7-8-9-13-22-16-17-10-11-19-18(15-17)12-14-23-20(19)21;1-2-24-16-9-8-13(10-19-16)11-21-12-15(18(22)23)17(20-21)14-6-4-3-5-7-14/h10-12,14-15,22H,2-9,13,16H2,1H3,(H2,21,23);3-10,12H,2,11H2,1H3,(H,22,23). The van der Waals surface area contributed by atoms with E-state index in [0.717, 1.165) is 29.6 Å². The molecule has 0 radical (unpaired) electrons. The number of anilines is 1. The van der Waals surface area contributed by atoms with Crippen LogP contribution in [0.1, 0.15) is 86.7 Å². The minimum atomic E-state index is -0.995. The van der Waals surface area contributed by atoms with Crippen molar-refractivity contribution < 1.29 is 14.6 Å². The molecule has 0 aliphatic rings. The topological polar surface area (TPSA) is 128 Å². The fourth-order valence-corrected chi connectivity index (χ4v) is 5.37.